The van der Waals surface area contributed by atoms with Crippen molar-refractivity contribution >= 4 is 17.7 Å². The standard InChI is InChI=1S/C11H16N4O3/c1-2-18-11(17)9-10(12)15(6-13-9)5-8(16)14-7-3-4-7/h6-7H,2-5,12H2,1H3,(H,14,16). The Morgan fingerprint density at radius 3 is 2.94 bits per heavy atom. The van der Waals surface area contributed by atoms with Crippen LogP contribution < -0.4 is 11.1 Å². The molecule has 1 aromatic rings. The zero-order valence-electron chi connectivity index (χ0n) is 10.2. The van der Waals surface area contributed by atoms with E-state index in [1.165, 1.54) is 10.9 Å². The van der Waals surface area contributed by atoms with E-state index >= 15 is 0 Å². The van der Waals surface area contributed by atoms with E-state index in [0.29, 0.717) is 6.04 Å². The van der Waals surface area contributed by atoms with Crippen LogP contribution in [0.5, 0.6) is 0 Å². The van der Waals surface area contributed by atoms with E-state index in [0.717, 1.165) is 12.8 Å². The summed E-state index contributed by atoms with van der Waals surface area (Å²) in [6, 6.07) is 0.298. The molecular weight excluding hydrogens is 236 g/mol. The van der Waals surface area contributed by atoms with Crippen LogP contribution >= 0.6 is 0 Å². The Morgan fingerprint density at radius 2 is 2.33 bits per heavy atom. The first kappa shape index (κ1) is 12.4. The maximum absolute atomic E-state index is 11.6. The number of nitrogens with two attached hydrogens (primary N) is 1. The van der Waals surface area contributed by atoms with Gasteiger partial charge in [0.05, 0.1) is 12.9 Å². The molecule has 0 radical (unpaired) electrons. The predicted molar refractivity (Wildman–Crippen MR) is 63.8 cm³/mol. The number of imidazole rings is 1. The summed E-state index contributed by atoms with van der Waals surface area (Å²) in [6.45, 7) is 2.02. The van der Waals surface area contributed by atoms with E-state index in [9.17, 15) is 9.59 Å². The minimum Gasteiger partial charge on any atom is -0.461 e. The number of aromatic nitrogens is 2. The van der Waals surface area contributed by atoms with Gasteiger partial charge in [0.2, 0.25) is 5.91 Å². The van der Waals surface area contributed by atoms with Gasteiger partial charge >= 0.3 is 5.97 Å². The summed E-state index contributed by atoms with van der Waals surface area (Å²) in [5.41, 5.74) is 5.80. The number of nitrogens with one attached hydrogen (secondary N) is 1. The number of hydrogen-bond acceptors (Lipinski definition) is 5. The smallest absolute Gasteiger partial charge is 0.360 e. The van der Waals surface area contributed by atoms with Crippen molar-refractivity contribution in [3.63, 3.8) is 0 Å². The number of esters is 1. The molecule has 0 unspecified atom stereocenters. The topological polar surface area (TPSA) is 99.2 Å². The molecule has 1 saturated carbocycles. The summed E-state index contributed by atoms with van der Waals surface area (Å²) in [6.07, 6.45) is 3.42. The molecule has 1 fully saturated rings. The first-order valence-corrected chi connectivity index (χ1v) is 5.89. The highest BCUT2D eigenvalue weighted by Gasteiger charge is 2.24. The number of hydrogen-bond donors (Lipinski definition) is 2. The first-order chi connectivity index (χ1) is 8.61. The third-order valence-electron chi connectivity index (χ3n) is 2.60. The van der Waals surface area contributed by atoms with Crippen molar-refractivity contribution in [1.29, 1.82) is 0 Å². The van der Waals surface area contributed by atoms with E-state index in [4.69, 9.17) is 10.5 Å². The van der Waals surface area contributed by atoms with Crippen LogP contribution in [0.4, 0.5) is 5.82 Å². The van der Waals surface area contributed by atoms with Crippen molar-refractivity contribution in [3.05, 3.63) is 12.0 Å². The monoisotopic (exact) mass is 252 g/mol. The molecule has 1 aromatic heterocycles. The molecule has 1 aliphatic rings. The van der Waals surface area contributed by atoms with Gasteiger partial charge in [-0.1, -0.05) is 0 Å². The van der Waals surface area contributed by atoms with Crippen LogP contribution in [0.25, 0.3) is 0 Å². The van der Waals surface area contributed by atoms with Crippen molar-refractivity contribution < 1.29 is 14.3 Å². The number of nitrogens with zero attached hydrogens (tertiary/aromatic N) is 2. The average molecular weight is 252 g/mol. The van der Waals surface area contributed by atoms with Gasteiger partial charge in [-0.15, -0.1) is 0 Å². The minimum absolute atomic E-state index is 0.0519. The number of ether oxygens (including phenoxy) is 1. The van der Waals surface area contributed by atoms with E-state index in [2.05, 4.69) is 10.3 Å². The zero-order valence-corrected chi connectivity index (χ0v) is 10.2. The second kappa shape index (κ2) is 5.07. The molecule has 3 N–H and O–H groups in total. The fourth-order valence-corrected chi connectivity index (χ4v) is 1.53. The number of rotatable bonds is 5. The van der Waals surface area contributed by atoms with Gasteiger partial charge in [-0.05, 0) is 19.8 Å². The van der Waals surface area contributed by atoms with Crippen LogP contribution in [-0.4, -0.2) is 34.1 Å². The van der Waals surface area contributed by atoms with Gasteiger partial charge in [0, 0.05) is 6.04 Å². The summed E-state index contributed by atoms with van der Waals surface area (Å²) in [7, 11) is 0. The molecular formula is C11H16N4O3. The zero-order chi connectivity index (χ0) is 13.1. The lowest BCUT2D eigenvalue weighted by Gasteiger charge is -2.06. The fourth-order valence-electron chi connectivity index (χ4n) is 1.53. The summed E-state index contributed by atoms with van der Waals surface area (Å²) in [4.78, 5) is 26.9. The molecule has 1 heterocycles. The Labute approximate surface area is 104 Å². The highest BCUT2D eigenvalue weighted by atomic mass is 16.5. The van der Waals surface area contributed by atoms with Crippen LogP contribution in [0.15, 0.2) is 6.33 Å². The highest BCUT2D eigenvalue weighted by Crippen LogP contribution is 2.18. The van der Waals surface area contributed by atoms with Crippen LogP contribution in [-0.2, 0) is 16.1 Å². The molecule has 2 rings (SSSR count). The van der Waals surface area contributed by atoms with E-state index in [-0.39, 0.29) is 30.6 Å². The van der Waals surface area contributed by atoms with Gasteiger partial charge < -0.3 is 20.4 Å². The lowest BCUT2D eigenvalue weighted by atomic mass is 10.4. The lowest BCUT2D eigenvalue weighted by Crippen LogP contribution is -2.29. The Hall–Kier alpha value is -2.05. The van der Waals surface area contributed by atoms with Crippen molar-refractivity contribution in [2.45, 2.75) is 32.4 Å². The Kier molecular flexibility index (Phi) is 3.50. The quantitative estimate of drug-likeness (QED) is 0.714. The van der Waals surface area contributed by atoms with Crippen molar-refractivity contribution in [2.75, 3.05) is 12.3 Å². The number of carbonyl (C=O) groups excluding carboxylic acids is 2. The molecule has 18 heavy (non-hydrogen) atoms. The Bertz CT molecular complexity index is 465. The minimum atomic E-state index is -0.573. The third kappa shape index (κ3) is 2.79. The maximum atomic E-state index is 11.6. The van der Waals surface area contributed by atoms with Crippen molar-refractivity contribution in [1.82, 2.24) is 14.9 Å². The van der Waals surface area contributed by atoms with Gasteiger partial charge in [-0.25, -0.2) is 9.78 Å². The Morgan fingerprint density at radius 1 is 1.61 bits per heavy atom. The predicted octanol–water partition coefficient (Wildman–Crippen LogP) is -0.0794. The van der Waals surface area contributed by atoms with Gasteiger partial charge in [0.15, 0.2) is 5.69 Å². The second-order valence-corrected chi connectivity index (χ2v) is 4.17. The molecule has 0 bridgehead atoms. The van der Waals surface area contributed by atoms with E-state index < -0.39 is 5.97 Å². The molecule has 0 aliphatic heterocycles. The second-order valence-electron chi connectivity index (χ2n) is 4.17. The molecule has 0 saturated heterocycles. The van der Waals surface area contributed by atoms with E-state index in [1.807, 2.05) is 0 Å². The normalized spacial score (nSPS) is 14.3. The van der Waals surface area contributed by atoms with Crippen LogP contribution in [0.1, 0.15) is 30.3 Å². The summed E-state index contributed by atoms with van der Waals surface area (Å²) in [5, 5.41) is 2.83. The number of amides is 1. The van der Waals surface area contributed by atoms with Crippen LogP contribution in [0.3, 0.4) is 0 Å². The molecule has 0 spiro atoms. The van der Waals surface area contributed by atoms with Gasteiger partial charge in [0.1, 0.15) is 12.4 Å². The van der Waals surface area contributed by atoms with Crippen LogP contribution in [0, 0.1) is 0 Å². The largest absolute Gasteiger partial charge is 0.461 e. The number of carbonyl (C=O) groups is 2. The molecule has 7 heteroatoms. The average Bonchev–Trinajstić information content (AvgIpc) is 3.04. The highest BCUT2D eigenvalue weighted by molar-refractivity contribution is 5.92. The number of anilines is 1. The Balaban J connectivity index is 2.00. The molecule has 98 valence electrons. The van der Waals surface area contributed by atoms with Crippen molar-refractivity contribution in [2.24, 2.45) is 0 Å². The summed E-state index contributed by atoms with van der Waals surface area (Å²) in [5.74, 6) is -0.548. The van der Waals surface area contributed by atoms with E-state index in [1.54, 1.807) is 6.92 Å². The van der Waals surface area contributed by atoms with Gasteiger partial charge in [-0.3, -0.25) is 4.79 Å². The van der Waals surface area contributed by atoms with Gasteiger partial charge in [-0.2, -0.15) is 0 Å². The van der Waals surface area contributed by atoms with Crippen molar-refractivity contribution in [3.8, 4) is 0 Å². The fraction of sp³-hybridized carbons (Fsp3) is 0.545. The summed E-state index contributed by atoms with van der Waals surface area (Å²) >= 11 is 0. The molecule has 1 amide bonds. The number of nitrogen functional groups attached to an aromatic ring is 1. The van der Waals surface area contributed by atoms with Gasteiger partial charge in [0.25, 0.3) is 0 Å². The SMILES string of the molecule is CCOC(=O)c1ncn(CC(=O)NC2CC2)c1N. The maximum Gasteiger partial charge on any atom is 0.360 e. The first-order valence-electron chi connectivity index (χ1n) is 5.89. The molecule has 7 nitrogen and oxygen atoms in total. The molecule has 0 atom stereocenters. The van der Waals surface area contributed by atoms with Crippen LogP contribution in [0.2, 0.25) is 0 Å². The molecule has 1 aliphatic carbocycles. The third-order valence-corrected chi connectivity index (χ3v) is 2.60. The molecule has 0 aromatic carbocycles. The summed E-state index contributed by atoms with van der Waals surface area (Å²) < 4.78 is 6.24. The lowest BCUT2D eigenvalue weighted by molar-refractivity contribution is -0.121.